The van der Waals surface area contributed by atoms with Crippen molar-refractivity contribution in [1.82, 2.24) is 9.88 Å². The number of rotatable bonds is 3. The van der Waals surface area contributed by atoms with Crippen LogP contribution in [0.5, 0.6) is 0 Å². The van der Waals surface area contributed by atoms with Gasteiger partial charge in [0.05, 0.1) is 17.0 Å². The molecule has 9 heteroatoms. The molecule has 1 aliphatic heterocycles. The first-order valence-corrected chi connectivity index (χ1v) is 11.2. The molecule has 0 radical (unpaired) electrons. The molecule has 1 amide bonds. The summed E-state index contributed by atoms with van der Waals surface area (Å²) in [6, 6.07) is 11.4. The molecule has 1 atom stereocenters. The summed E-state index contributed by atoms with van der Waals surface area (Å²) >= 11 is 1.30. The van der Waals surface area contributed by atoms with E-state index in [2.05, 4.69) is 9.83 Å². The maximum absolute atomic E-state index is 14.4. The van der Waals surface area contributed by atoms with Gasteiger partial charge in [-0.3, -0.25) is 9.78 Å². The van der Waals surface area contributed by atoms with Crippen molar-refractivity contribution in [3.05, 3.63) is 75.1 Å². The lowest BCUT2D eigenvalue weighted by molar-refractivity contribution is 0.0714. The molecule has 0 saturated carbocycles. The molecule has 4 aromatic rings. The summed E-state index contributed by atoms with van der Waals surface area (Å²) in [5.74, 6) is -1.29. The molecule has 7 nitrogen and oxygen atoms in total. The highest BCUT2D eigenvalue weighted by molar-refractivity contribution is 7.18. The zero-order chi connectivity index (χ0) is 23.1. The lowest BCUT2D eigenvalue weighted by atomic mass is 10.0. The van der Waals surface area contributed by atoms with Crippen molar-refractivity contribution in [3.63, 3.8) is 0 Å². The first-order valence-electron chi connectivity index (χ1n) is 10.4. The van der Waals surface area contributed by atoms with Gasteiger partial charge >= 0.3 is 5.76 Å². The third-order valence-electron chi connectivity index (χ3n) is 5.75. The van der Waals surface area contributed by atoms with Gasteiger partial charge in [0.1, 0.15) is 5.82 Å². The van der Waals surface area contributed by atoms with Crippen LogP contribution in [0, 0.1) is 12.4 Å². The second kappa shape index (κ2) is 8.31. The number of fused-ring (bicyclic) bond motifs is 1. The first-order chi connectivity index (χ1) is 15.9. The summed E-state index contributed by atoms with van der Waals surface area (Å²) in [6.07, 6.45) is 1.74. The van der Waals surface area contributed by atoms with Crippen LogP contribution in [0.15, 0.2) is 51.7 Å². The van der Waals surface area contributed by atoms with Crippen LogP contribution in [0.25, 0.3) is 37.5 Å². The Morgan fingerprint density at radius 3 is 2.82 bits per heavy atom. The van der Waals surface area contributed by atoms with Gasteiger partial charge in [-0.2, -0.15) is 0 Å². The molecule has 0 aliphatic carbocycles. The van der Waals surface area contributed by atoms with E-state index in [0.717, 1.165) is 23.3 Å². The summed E-state index contributed by atoms with van der Waals surface area (Å²) in [5.41, 5.74) is 8.90. The maximum Gasteiger partial charge on any atom is 0.417 e. The largest absolute Gasteiger partial charge is 0.417 e. The molecule has 2 aromatic heterocycles. The van der Waals surface area contributed by atoms with Crippen LogP contribution in [0.3, 0.4) is 0 Å². The van der Waals surface area contributed by atoms with Crippen molar-refractivity contribution < 1.29 is 13.6 Å². The van der Waals surface area contributed by atoms with E-state index in [9.17, 15) is 14.0 Å². The van der Waals surface area contributed by atoms with Crippen LogP contribution in [0.1, 0.15) is 22.5 Å². The number of piperidine rings is 1. The van der Waals surface area contributed by atoms with Crippen molar-refractivity contribution in [2.75, 3.05) is 13.1 Å². The fraction of sp³-hybridized carbons (Fsp3) is 0.208. The standard InChI is InChI=1S/C24H19FN4O3S/c1-27-18-6-4-13(9-17(18)25)16-11-21(23(30)29-8-2-3-15(26)12-29)33-22(16)14-5-7-19-20(10-14)32-24(31)28-19/h4-7,9-11,15H,2-3,8,12,26H2,(H,28,31)/t15-/m1/s1. The van der Waals surface area contributed by atoms with Gasteiger partial charge in [0.15, 0.2) is 5.58 Å². The van der Waals surface area contributed by atoms with Gasteiger partial charge in [0, 0.05) is 29.6 Å². The number of amides is 1. The molecule has 166 valence electrons. The highest BCUT2D eigenvalue weighted by Gasteiger charge is 2.26. The maximum atomic E-state index is 14.4. The number of H-pyrrole nitrogens is 1. The predicted molar refractivity (Wildman–Crippen MR) is 125 cm³/mol. The fourth-order valence-corrected chi connectivity index (χ4v) is 5.27. The Morgan fingerprint density at radius 1 is 1.24 bits per heavy atom. The number of benzene rings is 2. The second-order valence-corrected chi connectivity index (χ2v) is 9.06. The van der Waals surface area contributed by atoms with E-state index < -0.39 is 11.6 Å². The van der Waals surface area contributed by atoms with Gasteiger partial charge in [0.2, 0.25) is 5.69 Å². The van der Waals surface area contributed by atoms with E-state index in [-0.39, 0.29) is 17.6 Å². The summed E-state index contributed by atoms with van der Waals surface area (Å²) in [5, 5.41) is 0. The second-order valence-electron chi connectivity index (χ2n) is 8.01. The van der Waals surface area contributed by atoms with Gasteiger partial charge in [-0.15, -0.1) is 11.3 Å². The van der Waals surface area contributed by atoms with E-state index in [1.54, 1.807) is 29.2 Å². The van der Waals surface area contributed by atoms with Gasteiger partial charge in [-0.1, -0.05) is 18.2 Å². The highest BCUT2D eigenvalue weighted by Crippen LogP contribution is 2.41. The zero-order valence-corrected chi connectivity index (χ0v) is 18.2. The van der Waals surface area contributed by atoms with Crippen molar-refractivity contribution in [2.24, 2.45) is 5.73 Å². The number of hydrogen-bond donors (Lipinski definition) is 2. The van der Waals surface area contributed by atoms with Gasteiger partial charge in [-0.25, -0.2) is 14.0 Å². The van der Waals surface area contributed by atoms with Crippen LogP contribution in [-0.4, -0.2) is 34.9 Å². The molecule has 2 aromatic carbocycles. The molecule has 33 heavy (non-hydrogen) atoms. The molecule has 1 saturated heterocycles. The smallest absolute Gasteiger partial charge is 0.408 e. The lowest BCUT2D eigenvalue weighted by Gasteiger charge is -2.30. The Hall–Kier alpha value is -3.74. The Bertz CT molecular complexity index is 1480. The van der Waals surface area contributed by atoms with Crippen molar-refractivity contribution in [1.29, 1.82) is 0 Å². The Morgan fingerprint density at radius 2 is 2.06 bits per heavy atom. The molecule has 0 bridgehead atoms. The molecular weight excluding hydrogens is 443 g/mol. The zero-order valence-electron chi connectivity index (χ0n) is 17.4. The quantitative estimate of drug-likeness (QED) is 0.429. The number of likely N-dealkylation sites (tertiary alicyclic amines) is 1. The number of hydrogen-bond acceptors (Lipinski definition) is 5. The molecule has 5 rings (SSSR count). The minimum atomic E-state index is -0.624. The number of nitrogens with zero attached hydrogens (tertiary/aromatic N) is 2. The van der Waals surface area contributed by atoms with E-state index in [0.29, 0.717) is 40.2 Å². The van der Waals surface area contributed by atoms with Crippen LogP contribution >= 0.6 is 11.3 Å². The van der Waals surface area contributed by atoms with E-state index in [4.69, 9.17) is 16.7 Å². The van der Waals surface area contributed by atoms with E-state index in [1.165, 1.54) is 23.5 Å². The van der Waals surface area contributed by atoms with Gasteiger partial charge < -0.3 is 15.1 Å². The number of aromatic amines is 1. The summed E-state index contributed by atoms with van der Waals surface area (Å²) in [6.45, 7) is 8.23. The van der Waals surface area contributed by atoms with Crippen LogP contribution in [-0.2, 0) is 0 Å². The number of nitrogens with one attached hydrogen (secondary N) is 1. The van der Waals surface area contributed by atoms with Crippen molar-refractivity contribution in [2.45, 2.75) is 18.9 Å². The molecule has 1 aliphatic rings. The molecular formula is C24H19FN4O3S. The minimum absolute atomic E-state index is 0.0456. The molecule has 3 N–H and O–H groups in total. The van der Waals surface area contributed by atoms with Crippen molar-refractivity contribution in [3.8, 4) is 21.6 Å². The summed E-state index contributed by atoms with van der Waals surface area (Å²) in [7, 11) is 0. The van der Waals surface area contributed by atoms with E-state index in [1.807, 2.05) is 6.07 Å². The summed E-state index contributed by atoms with van der Waals surface area (Å²) < 4.78 is 19.6. The molecule has 0 spiro atoms. The average molecular weight is 463 g/mol. The first kappa shape index (κ1) is 21.1. The number of nitrogens with two attached hydrogens (primary N) is 1. The topological polar surface area (TPSA) is 96.7 Å². The molecule has 1 fully saturated rings. The number of thiophene rings is 1. The van der Waals surface area contributed by atoms with Crippen LogP contribution in [0.4, 0.5) is 10.1 Å². The highest BCUT2D eigenvalue weighted by atomic mass is 32.1. The monoisotopic (exact) mass is 462 g/mol. The van der Waals surface area contributed by atoms with Crippen molar-refractivity contribution >= 4 is 34.0 Å². The number of carbonyl (C=O) groups excluding carboxylic acids is 1. The van der Waals surface area contributed by atoms with Gasteiger partial charge in [-0.05, 0) is 48.2 Å². The number of oxazole rings is 1. The Kier molecular flexibility index (Phi) is 5.32. The lowest BCUT2D eigenvalue weighted by Crippen LogP contribution is -2.45. The molecule has 0 unspecified atom stereocenters. The Balaban J connectivity index is 1.64. The van der Waals surface area contributed by atoms with Crippen LogP contribution in [0.2, 0.25) is 0 Å². The SMILES string of the molecule is [C-]#[N+]c1ccc(-c2cc(C(=O)N3CCC[C@@H](N)C3)sc2-c2ccc3[nH]c(=O)oc3c2)cc1F. The Labute approximate surface area is 192 Å². The number of carbonyl (C=O) groups is 1. The predicted octanol–water partition coefficient (Wildman–Crippen LogP) is 4.77. The summed E-state index contributed by atoms with van der Waals surface area (Å²) in [4.78, 5) is 33.6. The van der Waals surface area contributed by atoms with Crippen LogP contribution < -0.4 is 11.5 Å². The average Bonchev–Trinajstić information content (AvgIpc) is 3.41. The molecule has 3 heterocycles. The normalized spacial score (nSPS) is 16.2. The van der Waals surface area contributed by atoms with E-state index >= 15 is 0 Å². The number of aromatic nitrogens is 1. The third kappa shape index (κ3) is 3.95. The minimum Gasteiger partial charge on any atom is -0.408 e. The third-order valence-corrected chi connectivity index (χ3v) is 6.92. The fourth-order valence-electron chi connectivity index (χ4n) is 4.13. The number of halogens is 1. The van der Waals surface area contributed by atoms with Gasteiger partial charge in [0.25, 0.3) is 5.91 Å².